The maximum Gasteiger partial charge on any atom is 0.417 e. The summed E-state index contributed by atoms with van der Waals surface area (Å²) in [5, 5.41) is 10.3. The highest BCUT2D eigenvalue weighted by Gasteiger charge is 2.71. The summed E-state index contributed by atoms with van der Waals surface area (Å²) >= 11 is 0. The van der Waals surface area contributed by atoms with Crippen LogP contribution in [0.3, 0.4) is 0 Å². The van der Waals surface area contributed by atoms with Gasteiger partial charge in [-0.2, -0.15) is 13.2 Å². The van der Waals surface area contributed by atoms with Gasteiger partial charge in [0.1, 0.15) is 11.8 Å². The molecule has 1 atom stereocenters. The number of hydrogen-bond acceptors (Lipinski definition) is 6. The first-order valence-electron chi connectivity index (χ1n) is 11.9. The molecule has 196 valence electrons. The smallest absolute Gasteiger partial charge is 0.417 e. The molecule has 3 aliphatic carbocycles. The molecule has 4 heterocycles. The molecule has 4 fully saturated rings. The van der Waals surface area contributed by atoms with Gasteiger partial charge in [0.05, 0.1) is 24.2 Å². The van der Waals surface area contributed by atoms with E-state index in [9.17, 15) is 22.8 Å². The SMILES string of the molecule is CN(C(=O)Nc1cc(C(F)(F)F)cn(C)c1=O)C12CC(c3cnc4[nH]nc(OC5CCOC5)c4c3)(C1)C2. The molecule has 3 saturated carbocycles. The molecule has 2 amide bonds. The summed E-state index contributed by atoms with van der Waals surface area (Å²) in [5.74, 6) is 0.486. The molecule has 7 rings (SSSR count). The van der Waals surface area contributed by atoms with Crippen LogP contribution in [0.1, 0.15) is 36.8 Å². The highest BCUT2D eigenvalue weighted by molar-refractivity contribution is 5.90. The van der Waals surface area contributed by atoms with Crippen molar-refractivity contribution < 1.29 is 27.4 Å². The first-order chi connectivity index (χ1) is 17.5. The summed E-state index contributed by atoms with van der Waals surface area (Å²) in [4.78, 5) is 31.3. The van der Waals surface area contributed by atoms with Crippen LogP contribution in [-0.4, -0.2) is 62.6 Å². The Kier molecular flexibility index (Phi) is 5.10. The van der Waals surface area contributed by atoms with E-state index < -0.39 is 34.6 Å². The van der Waals surface area contributed by atoms with Crippen LogP contribution in [0, 0.1) is 0 Å². The van der Waals surface area contributed by atoms with Crippen molar-refractivity contribution in [2.45, 2.75) is 48.9 Å². The molecule has 10 nitrogen and oxygen atoms in total. The van der Waals surface area contributed by atoms with Crippen LogP contribution in [0.15, 0.2) is 29.3 Å². The first-order valence-corrected chi connectivity index (χ1v) is 11.9. The summed E-state index contributed by atoms with van der Waals surface area (Å²) in [6.07, 6.45) is 0.668. The number of ether oxygens (including phenoxy) is 2. The largest absolute Gasteiger partial charge is 0.470 e. The lowest BCUT2D eigenvalue weighted by Crippen LogP contribution is -2.77. The number of H-pyrrole nitrogens is 1. The van der Waals surface area contributed by atoms with Crippen LogP contribution >= 0.6 is 0 Å². The standard InChI is InChI=1S/C24H25F3N6O4/c1-32-8-14(24(25,26)27)6-17(20(32)34)29-21(35)33(2)23-10-22(11-23,12-23)13-5-16-18(28-7-13)30-31-19(16)37-15-3-4-36-9-15/h5-8,15H,3-4,9-12H2,1-2H3,(H,29,35)(H,28,30,31). The van der Waals surface area contributed by atoms with Gasteiger partial charge in [0.15, 0.2) is 5.65 Å². The molecule has 4 aliphatic rings. The molecule has 3 aromatic heterocycles. The van der Waals surface area contributed by atoms with Gasteiger partial charge in [-0.05, 0) is 37.0 Å². The predicted octanol–water partition coefficient (Wildman–Crippen LogP) is 3.18. The Morgan fingerprint density at radius 2 is 2.08 bits per heavy atom. The highest BCUT2D eigenvalue weighted by atomic mass is 19.4. The number of carbonyl (C=O) groups excluding carboxylic acids is 1. The second-order valence-corrected chi connectivity index (χ2v) is 10.3. The average molecular weight is 518 g/mol. The number of urea groups is 1. The van der Waals surface area contributed by atoms with Crippen LogP contribution in [0.2, 0.25) is 0 Å². The molecule has 1 unspecified atom stereocenters. The van der Waals surface area contributed by atoms with E-state index in [2.05, 4.69) is 20.5 Å². The van der Waals surface area contributed by atoms with Gasteiger partial charge < -0.3 is 24.3 Å². The fourth-order valence-corrected chi connectivity index (χ4v) is 5.79. The number of anilines is 1. The van der Waals surface area contributed by atoms with Crippen molar-refractivity contribution in [3.05, 3.63) is 46.0 Å². The van der Waals surface area contributed by atoms with Crippen LogP contribution in [0.5, 0.6) is 5.88 Å². The van der Waals surface area contributed by atoms with Gasteiger partial charge in [-0.15, -0.1) is 5.10 Å². The molecule has 0 aromatic carbocycles. The normalized spacial score (nSPS) is 26.5. The number of amides is 2. The Balaban J connectivity index is 1.16. The minimum absolute atomic E-state index is 0.0470. The molecule has 2 N–H and O–H groups in total. The number of rotatable bonds is 5. The summed E-state index contributed by atoms with van der Waals surface area (Å²) in [6, 6.07) is 2.07. The number of hydrogen-bond donors (Lipinski definition) is 2. The molecule has 0 radical (unpaired) electrons. The Morgan fingerprint density at radius 3 is 2.76 bits per heavy atom. The van der Waals surface area contributed by atoms with Crippen molar-refractivity contribution in [1.82, 2.24) is 24.6 Å². The number of fused-ring (bicyclic) bond motifs is 1. The number of pyridine rings is 2. The van der Waals surface area contributed by atoms with Crippen LogP contribution < -0.4 is 15.6 Å². The Bertz CT molecular complexity index is 1440. The van der Waals surface area contributed by atoms with E-state index in [-0.39, 0.29) is 11.5 Å². The minimum atomic E-state index is -4.64. The van der Waals surface area contributed by atoms with Gasteiger partial charge in [0.2, 0.25) is 5.88 Å². The van der Waals surface area contributed by atoms with Crippen LogP contribution in [0.4, 0.5) is 23.7 Å². The van der Waals surface area contributed by atoms with E-state index in [4.69, 9.17) is 9.47 Å². The third-order valence-corrected chi connectivity index (χ3v) is 7.93. The number of nitrogens with zero attached hydrogens (tertiary/aromatic N) is 4. The number of alkyl halides is 3. The summed E-state index contributed by atoms with van der Waals surface area (Å²) in [7, 11) is 2.81. The second kappa shape index (κ2) is 7.94. The van der Waals surface area contributed by atoms with Gasteiger partial charge in [-0.3, -0.25) is 9.89 Å². The highest BCUT2D eigenvalue weighted by Crippen LogP contribution is 2.70. The monoisotopic (exact) mass is 518 g/mol. The zero-order chi connectivity index (χ0) is 26.2. The van der Waals surface area contributed by atoms with Crippen molar-refractivity contribution in [3.63, 3.8) is 0 Å². The molecule has 13 heteroatoms. The van der Waals surface area contributed by atoms with E-state index in [0.29, 0.717) is 56.3 Å². The number of aryl methyl sites for hydroxylation is 1. The Hall–Kier alpha value is -3.61. The molecule has 37 heavy (non-hydrogen) atoms. The van der Waals surface area contributed by atoms with Gasteiger partial charge in [0, 0.05) is 43.9 Å². The lowest BCUT2D eigenvalue weighted by molar-refractivity contribution is -0.140. The Morgan fingerprint density at radius 1 is 1.32 bits per heavy atom. The topological polar surface area (TPSA) is 114 Å². The average Bonchev–Trinajstić information content (AvgIpc) is 3.44. The molecule has 3 aromatic rings. The number of carbonyl (C=O) groups is 1. The maximum atomic E-state index is 13.2. The van der Waals surface area contributed by atoms with Crippen molar-refractivity contribution >= 4 is 22.8 Å². The number of halogens is 3. The number of aromatic amines is 1. The van der Waals surface area contributed by atoms with Crippen LogP contribution in [0.25, 0.3) is 11.0 Å². The first kappa shape index (κ1) is 23.8. The van der Waals surface area contributed by atoms with E-state index in [0.717, 1.165) is 21.9 Å². The second-order valence-electron chi connectivity index (χ2n) is 10.3. The van der Waals surface area contributed by atoms with Gasteiger partial charge in [0.25, 0.3) is 5.56 Å². The van der Waals surface area contributed by atoms with Crippen molar-refractivity contribution in [1.29, 1.82) is 0 Å². The minimum Gasteiger partial charge on any atom is -0.470 e. The zero-order valence-corrected chi connectivity index (χ0v) is 20.2. The van der Waals surface area contributed by atoms with E-state index in [1.807, 2.05) is 6.07 Å². The van der Waals surface area contributed by atoms with Crippen molar-refractivity contribution in [3.8, 4) is 5.88 Å². The molecular formula is C24H25F3N6O4. The lowest BCUT2D eigenvalue weighted by atomic mass is 9.37. The summed E-state index contributed by atoms with van der Waals surface area (Å²) in [5.41, 5.74) is -1.07. The third-order valence-electron chi connectivity index (χ3n) is 7.93. The third kappa shape index (κ3) is 3.74. The maximum absolute atomic E-state index is 13.2. The summed E-state index contributed by atoms with van der Waals surface area (Å²) in [6.45, 7) is 1.18. The molecule has 1 saturated heterocycles. The van der Waals surface area contributed by atoms with Crippen LogP contribution in [-0.2, 0) is 23.4 Å². The number of nitrogens with one attached hydrogen (secondary N) is 2. The Labute approximate surface area is 208 Å². The molecule has 1 aliphatic heterocycles. The number of aromatic nitrogens is 4. The molecular weight excluding hydrogens is 493 g/mol. The fourth-order valence-electron chi connectivity index (χ4n) is 5.79. The fraction of sp³-hybridized carbons (Fsp3) is 0.500. The van der Waals surface area contributed by atoms with Crippen molar-refractivity contribution in [2.75, 3.05) is 25.6 Å². The predicted molar refractivity (Wildman–Crippen MR) is 125 cm³/mol. The van der Waals surface area contributed by atoms with Gasteiger partial charge in [-0.25, -0.2) is 9.78 Å². The van der Waals surface area contributed by atoms with E-state index >= 15 is 0 Å². The van der Waals surface area contributed by atoms with E-state index in [1.54, 1.807) is 13.2 Å². The zero-order valence-electron chi connectivity index (χ0n) is 20.2. The van der Waals surface area contributed by atoms with Crippen molar-refractivity contribution in [2.24, 2.45) is 7.05 Å². The molecule has 0 spiro atoms. The van der Waals surface area contributed by atoms with Gasteiger partial charge in [-0.1, -0.05) is 0 Å². The lowest BCUT2D eigenvalue weighted by Gasteiger charge is -2.73. The van der Waals surface area contributed by atoms with Gasteiger partial charge >= 0.3 is 12.2 Å². The quantitative estimate of drug-likeness (QED) is 0.536. The molecule has 2 bridgehead atoms. The summed E-state index contributed by atoms with van der Waals surface area (Å²) < 4.78 is 51.7. The van der Waals surface area contributed by atoms with E-state index in [1.165, 1.54) is 11.9 Å².